The van der Waals surface area contributed by atoms with E-state index < -0.39 is 5.60 Å². The Balaban J connectivity index is 1.81. The average Bonchev–Trinajstić information content (AvgIpc) is 2.22. The maximum Gasteiger partial charge on any atom is 0.410 e. The molecular weight excluding hydrogens is 242 g/mol. The Morgan fingerprint density at radius 3 is 2.58 bits per heavy atom. The van der Waals surface area contributed by atoms with Gasteiger partial charge in [0.25, 0.3) is 0 Å². The summed E-state index contributed by atoms with van der Waals surface area (Å²) in [6.07, 6.45) is -0.258. The third-order valence-electron chi connectivity index (χ3n) is 2.85. The van der Waals surface area contributed by atoms with Crippen LogP contribution in [0.2, 0.25) is 0 Å². The molecule has 0 radical (unpaired) electrons. The summed E-state index contributed by atoms with van der Waals surface area (Å²) in [6.45, 7) is 6.88. The number of carbonyl (C=O) groups excluding carboxylic acids is 1. The summed E-state index contributed by atoms with van der Waals surface area (Å²) in [5.41, 5.74) is 7.05. The SMILES string of the molecule is CC(C)(C)OC(=O)N1CC(Nc2ccccc2N)C1. The number of nitrogens with zero attached hydrogens (tertiary/aromatic N) is 1. The zero-order valence-corrected chi connectivity index (χ0v) is 11.6. The normalized spacial score (nSPS) is 15.8. The van der Waals surface area contributed by atoms with Crippen molar-refractivity contribution in [3.05, 3.63) is 24.3 Å². The van der Waals surface area contributed by atoms with Crippen molar-refractivity contribution in [2.75, 3.05) is 24.1 Å². The van der Waals surface area contributed by atoms with E-state index in [4.69, 9.17) is 10.5 Å². The molecule has 1 aliphatic rings. The topological polar surface area (TPSA) is 67.6 Å². The van der Waals surface area contributed by atoms with Crippen LogP contribution >= 0.6 is 0 Å². The molecule has 1 aromatic carbocycles. The second-order valence-corrected chi connectivity index (χ2v) is 5.81. The average molecular weight is 263 g/mol. The quantitative estimate of drug-likeness (QED) is 0.803. The molecule has 0 saturated carbocycles. The van der Waals surface area contributed by atoms with E-state index >= 15 is 0 Å². The Hall–Kier alpha value is -1.91. The molecule has 3 N–H and O–H groups in total. The zero-order valence-electron chi connectivity index (χ0n) is 11.6. The van der Waals surface area contributed by atoms with Crippen molar-refractivity contribution in [3.8, 4) is 0 Å². The molecular formula is C14H21N3O2. The largest absolute Gasteiger partial charge is 0.444 e. The zero-order chi connectivity index (χ0) is 14.0. The first-order valence-corrected chi connectivity index (χ1v) is 6.44. The number of rotatable bonds is 2. The van der Waals surface area contributed by atoms with E-state index in [0.29, 0.717) is 13.1 Å². The molecule has 1 saturated heterocycles. The van der Waals surface area contributed by atoms with Crippen LogP contribution in [0.5, 0.6) is 0 Å². The van der Waals surface area contributed by atoms with Crippen molar-refractivity contribution in [1.82, 2.24) is 4.90 Å². The molecule has 1 fully saturated rings. The molecule has 1 amide bonds. The summed E-state index contributed by atoms with van der Waals surface area (Å²) in [7, 11) is 0. The fourth-order valence-corrected chi connectivity index (χ4v) is 1.89. The Labute approximate surface area is 113 Å². The summed E-state index contributed by atoms with van der Waals surface area (Å²) >= 11 is 0. The van der Waals surface area contributed by atoms with Crippen LogP contribution in [0.1, 0.15) is 20.8 Å². The molecule has 1 aliphatic heterocycles. The van der Waals surface area contributed by atoms with Gasteiger partial charge in [-0.3, -0.25) is 0 Å². The van der Waals surface area contributed by atoms with Crippen LogP contribution in [-0.2, 0) is 4.74 Å². The summed E-state index contributed by atoms with van der Waals surface area (Å²) in [5.74, 6) is 0. The fraction of sp³-hybridized carbons (Fsp3) is 0.500. The predicted octanol–water partition coefficient (Wildman–Crippen LogP) is 2.30. The van der Waals surface area contributed by atoms with Crippen LogP contribution in [0.4, 0.5) is 16.2 Å². The standard InChI is InChI=1S/C14H21N3O2/c1-14(2,3)19-13(18)17-8-10(9-17)16-12-7-5-4-6-11(12)15/h4-7,10,16H,8-9,15H2,1-3H3. The molecule has 104 valence electrons. The molecule has 0 bridgehead atoms. The van der Waals surface area contributed by atoms with Crippen molar-refractivity contribution < 1.29 is 9.53 Å². The van der Waals surface area contributed by atoms with Gasteiger partial charge in [-0.15, -0.1) is 0 Å². The first kappa shape index (κ1) is 13.5. The molecule has 1 heterocycles. The summed E-state index contributed by atoms with van der Waals surface area (Å²) in [6, 6.07) is 7.85. The smallest absolute Gasteiger partial charge is 0.410 e. The van der Waals surface area contributed by atoms with Crippen LogP contribution in [0, 0.1) is 0 Å². The summed E-state index contributed by atoms with van der Waals surface area (Å²) in [4.78, 5) is 13.4. The monoisotopic (exact) mass is 263 g/mol. The lowest BCUT2D eigenvalue weighted by Crippen LogP contribution is -2.57. The Morgan fingerprint density at radius 2 is 2.00 bits per heavy atom. The van der Waals surface area contributed by atoms with Crippen molar-refractivity contribution in [2.45, 2.75) is 32.4 Å². The number of hydrogen-bond donors (Lipinski definition) is 2. The molecule has 19 heavy (non-hydrogen) atoms. The molecule has 0 atom stereocenters. The van der Waals surface area contributed by atoms with Crippen molar-refractivity contribution in [2.24, 2.45) is 0 Å². The van der Waals surface area contributed by atoms with Gasteiger partial charge in [0.1, 0.15) is 5.60 Å². The summed E-state index contributed by atoms with van der Waals surface area (Å²) in [5, 5.41) is 3.32. The number of nitrogen functional groups attached to an aromatic ring is 1. The summed E-state index contributed by atoms with van der Waals surface area (Å²) < 4.78 is 5.30. The van der Waals surface area contributed by atoms with Gasteiger partial charge in [-0.2, -0.15) is 0 Å². The van der Waals surface area contributed by atoms with E-state index in [1.54, 1.807) is 4.90 Å². The lowest BCUT2D eigenvalue weighted by molar-refractivity contribution is 0.0105. The number of amides is 1. The number of ether oxygens (including phenoxy) is 1. The number of nitrogens with one attached hydrogen (secondary N) is 1. The maximum atomic E-state index is 11.8. The molecule has 5 nitrogen and oxygen atoms in total. The van der Waals surface area contributed by atoms with Crippen LogP contribution in [0.3, 0.4) is 0 Å². The third-order valence-corrected chi connectivity index (χ3v) is 2.85. The van der Waals surface area contributed by atoms with E-state index in [2.05, 4.69) is 5.32 Å². The fourth-order valence-electron chi connectivity index (χ4n) is 1.89. The molecule has 5 heteroatoms. The molecule has 0 aliphatic carbocycles. The number of para-hydroxylation sites is 2. The van der Waals surface area contributed by atoms with Gasteiger partial charge in [0, 0.05) is 13.1 Å². The van der Waals surface area contributed by atoms with E-state index in [0.717, 1.165) is 11.4 Å². The van der Waals surface area contributed by atoms with E-state index in [1.165, 1.54) is 0 Å². The van der Waals surface area contributed by atoms with Gasteiger partial charge in [0.15, 0.2) is 0 Å². The van der Waals surface area contributed by atoms with E-state index in [9.17, 15) is 4.79 Å². The number of hydrogen-bond acceptors (Lipinski definition) is 4. The predicted molar refractivity (Wildman–Crippen MR) is 76.1 cm³/mol. The van der Waals surface area contributed by atoms with E-state index in [1.807, 2.05) is 45.0 Å². The van der Waals surface area contributed by atoms with Crippen LogP contribution in [-0.4, -0.2) is 35.7 Å². The highest BCUT2D eigenvalue weighted by atomic mass is 16.6. The minimum atomic E-state index is -0.445. The number of likely N-dealkylation sites (tertiary alicyclic amines) is 1. The molecule has 2 rings (SSSR count). The second-order valence-electron chi connectivity index (χ2n) is 5.81. The van der Waals surface area contributed by atoms with Crippen molar-refractivity contribution >= 4 is 17.5 Å². The Kier molecular flexibility index (Phi) is 3.55. The van der Waals surface area contributed by atoms with Crippen LogP contribution in [0.25, 0.3) is 0 Å². The Morgan fingerprint density at radius 1 is 1.37 bits per heavy atom. The molecule has 0 unspecified atom stereocenters. The number of nitrogens with two attached hydrogens (primary N) is 1. The first-order valence-electron chi connectivity index (χ1n) is 6.44. The van der Waals surface area contributed by atoms with Crippen molar-refractivity contribution in [3.63, 3.8) is 0 Å². The van der Waals surface area contributed by atoms with E-state index in [-0.39, 0.29) is 12.1 Å². The van der Waals surface area contributed by atoms with Gasteiger partial charge < -0.3 is 20.7 Å². The lowest BCUT2D eigenvalue weighted by atomic mass is 10.1. The highest BCUT2D eigenvalue weighted by Crippen LogP contribution is 2.22. The molecule has 0 aromatic heterocycles. The van der Waals surface area contributed by atoms with Crippen LogP contribution in [0.15, 0.2) is 24.3 Å². The maximum absolute atomic E-state index is 11.8. The Bertz CT molecular complexity index is 462. The van der Waals surface area contributed by atoms with Gasteiger partial charge in [0.2, 0.25) is 0 Å². The van der Waals surface area contributed by atoms with Gasteiger partial charge in [0.05, 0.1) is 17.4 Å². The minimum absolute atomic E-state index is 0.234. The first-order chi connectivity index (χ1) is 8.85. The van der Waals surface area contributed by atoms with Gasteiger partial charge >= 0.3 is 6.09 Å². The molecule has 0 spiro atoms. The lowest BCUT2D eigenvalue weighted by Gasteiger charge is -2.40. The number of carbonyl (C=O) groups is 1. The van der Waals surface area contributed by atoms with Gasteiger partial charge in [-0.05, 0) is 32.9 Å². The third kappa shape index (κ3) is 3.53. The van der Waals surface area contributed by atoms with Crippen molar-refractivity contribution in [1.29, 1.82) is 0 Å². The second kappa shape index (κ2) is 4.99. The highest BCUT2D eigenvalue weighted by molar-refractivity contribution is 5.71. The van der Waals surface area contributed by atoms with Crippen LogP contribution < -0.4 is 11.1 Å². The van der Waals surface area contributed by atoms with Gasteiger partial charge in [-0.1, -0.05) is 12.1 Å². The minimum Gasteiger partial charge on any atom is -0.444 e. The number of anilines is 2. The number of benzene rings is 1. The molecule has 1 aromatic rings. The highest BCUT2D eigenvalue weighted by Gasteiger charge is 2.33. The van der Waals surface area contributed by atoms with Gasteiger partial charge in [-0.25, -0.2) is 4.79 Å².